The van der Waals surface area contributed by atoms with E-state index in [4.69, 9.17) is 0 Å². The third-order valence-corrected chi connectivity index (χ3v) is 2.25. The highest BCUT2D eigenvalue weighted by Gasteiger charge is 1.98. The highest BCUT2D eigenvalue weighted by molar-refractivity contribution is 5.55. The summed E-state index contributed by atoms with van der Waals surface area (Å²) in [5.41, 5.74) is 3.84. The average Bonchev–Trinajstić information content (AvgIpc) is 2.12. The Morgan fingerprint density at radius 1 is 1.38 bits per heavy atom. The van der Waals surface area contributed by atoms with E-state index in [1.54, 1.807) is 0 Å². The first-order valence-electron chi connectivity index (χ1n) is 4.80. The summed E-state index contributed by atoms with van der Waals surface area (Å²) in [6, 6.07) is 6.28. The summed E-state index contributed by atoms with van der Waals surface area (Å²) in [7, 11) is 0. The van der Waals surface area contributed by atoms with Crippen LogP contribution in [0.1, 0.15) is 30.0 Å². The van der Waals surface area contributed by atoms with Crippen molar-refractivity contribution in [2.24, 2.45) is 0 Å². The largest absolute Gasteiger partial charge is 0.303 e. The van der Waals surface area contributed by atoms with Crippen LogP contribution in [-0.4, -0.2) is 6.29 Å². The first-order chi connectivity index (χ1) is 6.27. The molecule has 0 unspecified atom stereocenters. The summed E-state index contributed by atoms with van der Waals surface area (Å²) in [6.07, 6.45) is 3.77. The van der Waals surface area contributed by atoms with Gasteiger partial charge in [-0.3, -0.25) is 0 Å². The van der Waals surface area contributed by atoms with Crippen molar-refractivity contribution < 1.29 is 4.79 Å². The van der Waals surface area contributed by atoms with Crippen LogP contribution in [0.15, 0.2) is 18.2 Å². The van der Waals surface area contributed by atoms with Gasteiger partial charge in [0.15, 0.2) is 0 Å². The molecule has 0 bridgehead atoms. The summed E-state index contributed by atoms with van der Waals surface area (Å²) in [4.78, 5) is 10.3. The highest BCUT2D eigenvalue weighted by Crippen LogP contribution is 2.13. The summed E-state index contributed by atoms with van der Waals surface area (Å²) in [6.45, 7) is 4.29. The quantitative estimate of drug-likeness (QED) is 0.645. The molecule has 1 rings (SSSR count). The summed E-state index contributed by atoms with van der Waals surface area (Å²) in [5.74, 6) is 0. The zero-order valence-corrected chi connectivity index (χ0v) is 8.34. The van der Waals surface area contributed by atoms with E-state index in [1.165, 1.54) is 11.1 Å². The van der Waals surface area contributed by atoms with Gasteiger partial charge in [-0.25, -0.2) is 0 Å². The van der Waals surface area contributed by atoms with Gasteiger partial charge in [0.05, 0.1) is 0 Å². The van der Waals surface area contributed by atoms with Crippen LogP contribution in [0.3, 0.4) is 0 Å². The second kappa shape index (κ2) is 4.80. The Morgan fingerprint density at radius 2 is 2.15 bits per heavy atom. The van der Waals surface area contributed by atoms with Crippen molar-refractivity contribution in [1.29, 1.82) is 0 Å². The van der Waals surface area contributed by atoms with Crippen LogP contribution >= 0.6 is 0 Å². The minimum absolute atomic E-state index is 0.539. The van der Waals surface area contributed by atoms with Crippen LogP contribution < -0.4 is 0 Å². The van der Waals surface area contributed by atoms with Crippen molar-refractivity contribution in [3.63, 3.8) is 0 Å². The first-order valence-corrected chi connectivity index (χ1v) is 4.80. The maximum absolute atomic E-state index is 10.3. The molecule has 0 fully saturated rings. The number of hydrogen-bond acceptors (Lipinski definition) is 1. The van der Waals surface area contributed by atoms with Gasteiger partial charge in [-0.1, -0.05) is 31.5 Å². The highest BCUT2D eigenvalue weighted by atomic mass is 16.1. The predicted octanol–water partition coefficient (Wildman–Crippen LogP) is 2.69. The third kappa shape index (κ3) is 2.69. The van der Waals surface area contributed by atoms with Crippen LogP contribution in [-0.2, 0) is 17.6 Å². The van der Waals surface area contributed by atoms with Crippen molar-refractivity contribution >= 4 is 6.29 Å². The van der Waals surface area contributed by atoms with Gasteiger partial charge in [-0.15, -0.1) is 0 Å². The SMILES string of the molecule is CCCc1cc(CC=O)ccc1C. The van der Waals surface area contributed by atoms with Gasteiger partial charge in [0, 0.05) is 6.42 Å². The van der Waals surface area contributed by atoms with Gasteiger partial charge in [-0.05, 0) is 30.0 Å². The number of hydrogen-bond donors (Lipinski definition) is 0. The predicted molar refractivity (Wildman–Crippen MR) is 54.9 cm³/mol. The molecule has 0 aliphatic rings. The standard InChI is InChI=1S/C12H16O/c1-3-4-12-9-11(7-8-13)6-5-10(12)2/h5-6,8-9H,3-4,7H2,1-2H3. The fourth-order valence-electron chi connectivity index (χ4n) is 1.49. The number of aldehydes is 1. The number of aryl methyl sites for hydroxylation is 2. The molecule has 0 spiro atoms. The average molecular weight is 176 g/mol. The molecule has 1 heteroatoms. The second-order valence-electron chi connectivity index (χ2n) is 3.38. The van der Waals surface area contributed by atoms with Crippen molar-refractivity contribution in [3.8, 4) is 0 Å². The molecular weight excluding hydrogens is 160 g/mol. The molecule has 70 valence electrons. The zero-order valence-electron chi connectivity index (χ0n) is 8.34. The summed E-state index contributed by atoms with van der Waals surface area (Å²) >= 11 is 0. The minimum atomic E-state index is 0.539. The van der Waals surface area contributed by atoms with E-state index in [9.17, 15) is 4.79 Å². The molecule has 0 atom stereocenters. The molecule has 0 heterocycles. The second-order valence-corrected chi connectivity index (χ2v) is 3.38. The fourth-order valence-corrected chi connectivity index (χ4v) is 1.49. The van der Waals surface area contributed by atoms with Crippen LogP contribution in [0.5, 0.6) is 0 Å². The number of carbonyl (C=O) groups is 1. The molecule has 0 aliphatic carbocycles. The molecule has 0 aromatic heterocycles. The Labute approximate surface area is 79.8 Å². The van der Waals surface area contributed by atoms with Gasteiger partial charge in [0.1, 0.15) is 6.29 Å². The molecule has 0 amide bonds. The number of benzene rings is 1. The van der Waals surface area contributed by atoms with Crippen LogP contribution in [0.2, 0.25) is 0 Å². The Hall–Kier alpha value is -1.11. The van der Waals surface area contributed by atoms with Gasteiger partial charge < -0.3 is 4.79 Å². The molecule has 1 nitrogen and oxygen atoms in total. The Morgan fingerprint density at radius 3 is 2.77 bits per heavy atom. The van der Waals surface area contributed by atoms with Crippen LogP contribution in [0, 0.1) is 6.92 Å². The van der Waals surface area contributed by atoms with Crippen LogP contribution in [0.25, 0.3) is 0 Å². The maximum Gasteiger partial charge on any atom is 0.124 e. The van der Waals surface area contributed by atoms with Crippen molar-refractivity contribution in [2.75, 3.05) is 0 Å². The number of carbonyl (C=O) groups excluding carboxylic acids is 1. The monoisotopic (exact) mass is 176 g/mol. The van der Waals surface area contributed by atoms with E-state index >= 15 is 0 Å². The van der Waals surface area contributed by atoms with E-state index < -0.39 is 0 Å². The fraction of sp³-hybridized carbons (Fsp3) is 0.417. The Balaban J connectivity index is 2.89. The minimum Gasteiger partial charge on any atom is -0.303 e. The molecule has 0 saturated heterocycles. The molecule has 1 aromatic carbocycles. The van der Waals surface area contributed by atoms with Crippen molar-refractivity contribution in [3.05, 3.63) is 34.9 Å². The Bertz CT molecular complexity index is 289. The van der Waals surface area contributed by atoms with Gasteiger partial charge in [0.2, 0.25) is 0 Å². The molecule has 0 N–H and O–H groups in total. The topological polar surface area (TPSA) is 17.1 Å². The molecule has 13 heavy (non-hydrogen) atoms. The lowest BCUT2D eigenvalue weighted by Crippen LogP contribution is -1.93. The van der Waals surface area contributed by atoms with E-state index in [2.05, 4.69) is 26.0 Å². The lowest BCUT2D eigenvalue weighted by molar-refractivity contribution is -0.107. The van der Waals surface area contributed by atoms with Crippen molar-refractivity contribution in [2.45, 2.75) is 33.1 Å². The zero-order chi connectivity index (χ0) is 9.68. The molecule has 0 aliphatic heterocycles. The summed E-state index contributed by atoms with van der Waals surface area (Å²) in [5, 5.41) is 0. The van der Waals surface area contributed by atoms with Gasteiger partial charge in [-0.2, -0.15) is 0 Å². The van der Waals surface area contributed by atoms with E-state index in [-0.39, 0.29) is 0 Å². The smallest absolute Gasteiger partial charge is 0.124 e. The Kier molecular flexibility index (Phi) is 3.69. The normalized spacial score (nSPS) is 10.0. The third-order valence-electron chi connectivity index (χ3n) is 2.25. The molecular formula is C12H16O. The molecule has 0 radical (unpaired) electrons. The number of rotatable bonds is 4. The molecule has 0 saturated carbocycles. The molecule has 1 aromatic rings. The van der Waals surface area contributed by atoms with Gasteiger partial charge in [0.25, 0.3) is 0 Å². The lowest BCUT2D eigenvalue weighted by atomic mass is 10.0. The first kappa shape index (κ1) is 9.97. The van der Waals surface area contributed by atoms with E-state index in [0.29, 0.717) is 6.42 Å². The lowest BCUT2D eigenvalue weighted by Gasteiger charge is -2.05. The summed E-state index contributed by atoms with van der Waals surface area (Å²) < 4.78 is 0. The van der Waals surface area contributed by atoms with Gasteiger partial charge >= 0.3 is 0 Å². The van der Waals surface area contributed by atoms with Crippen molar-refractivity contribution in [1.82, 2.24) is 0 Å². The van der Waals surface area contributed by atoms with Crippen LogP contribution in [0.4, 0.5) is 0 Å². The maximum atomic E-state index is 10.3. The van der Waals surface area contributed by atoms with E-state index in [1.807, 2.05) is 6.07 Å². The van der Waals surface area contributed by atoms with E-state index in [0.717, 1.165) is 24.7 Å².